The molecule has 2 atom stereocenters. The molecule has 2 rings (SSSR count). The van der Waals surface area contributed by atoms with Gasteiger partial charge in [0, 0.05) is 12.6 Å². The van der Waals surface area contributed by atoms with Crippen LogP contribution in [-0.2, 0) is 24.7 Å². The molecule has 9 heteroatoms. The van der Waals surface area contributed by atoms with Crippen molar-refractivity contribution in [1.29, 1.82) is 0 Å². The number of benzene rings is 1. The molecular weight excluding hydrogens is 388 g/mol. The fraction of sp³-hybridized carbons (Fsp3) is 0.611. The number of likely N-dealkylation sites (N-methyl/N-ethyl adjacent to an activating group) is 1. The lowest BCUT2D eigenvalue weighted by Gasteiger charge is -2.21. The molecular formula is C18H28N2O5S2. The Kier molecular flexibility index (Phi) is 7.04. The van der Waals surface area contributed by atoms with Gasteiger partial charge >= 0.3 is 0 Å². The molecule has 1 N–H and O–H groups in total. The molecule has 152 valence electrons. The average Bonchev–Trinajstić information content (AvgIpc) is 2.97. The Balaban J connectivity index is 2.07. The van der Waals surface area contributed by atoms with Gasteiger partial charge in [-0.1, -0.05) is 32.9 Å². The highest BCUT2D eigenvalue weighted by atomic mass is 32.2. The van der Waals surface area contributed by atoms with Gasteiger partial charge in [0.25, 0.3) is 0 Å². The van der Waals surface area contributed by atoms with Crippen LogP contribution in [0, 0.1) is 0 Å². The number of hydrogen-bond acceptors (Lipinski definition) is 5. The molecule has 1 amide bonds. The lowest BCUT2D eigenvalue weighted by atomic mass is 9.99. The topological polar surface area (TPSA) is 101 Å². The first-order chi connectivity index (χ1) is 12.6. The van der Waals surface area contributed by atoms with Crippen LogP contribution >= 0.6 is 0 Å². The number of carbonyl (C=O) groups is 1. The molecule has 1 saturated heterocycles. The van der Waals surface area contributed by atoms with Gasteiger partial charge in [-0.3, -0.25) is 4.79 Å². The lowest BCUT2D eigenvalue weighted by Crippen LogP contribution is -2.44. The maximum absolute atomic E-state index is 12.8. The Hall–Kier alpha value is -1.45. The molecule has 2 unspecified atom stereocenters. The summed E-state index contributed by atoms with van der Waals surface area (Å²) in [6.07, 6.45) is 1.33. The van der Waals surface area contributed by atoms with E-state index in [-0.39, 0.29) is 29.5 Å². The Morgan fingerprint density at radius 1 is 1.26 bits per heavy atom. The van der Waals surface area contributed by atoms with E-state index in [1.54, 1.807) is 31.2 Å². The van der Waals surface area contributed by atoms with Crippen LogP contribution in [-0.4, -0.2) is 57.7 Å². The summed E-state index contributed by atoms with van der Waals surface area (Å²) in [6, 6.07) is 6.30. The normalized spacial score (nSPS) is 20.5. The number of nitrogens with one attached hydrogen (secondary N) is 1. The van der Waals surface area contributed by atoms with Crippen LogP contribution in [0.15, 0.2) is 29.2 Å². The van der Waals surface area contributed by atoms with Crippen LogP contribution in [0.1, 0.15) is 45.1 Å². The van der Waals surface area contributed by atoms with Crippen molar-refractivity contribution in [3.05, 3.63) is 29.8 Å². The van der Waals surface area contributed by atoms with Gasteiger partial charge in [-0.25, -0.2) is 16.8 Å². The summed E-state index contributed by atoms with van der Waals surface area (Å²) in [5, 5.41) is 2.63. The Morgan fingerprint density at radius 2 is 1.89 bits per heavy atom. The SMILES string of the molecule is CCC(C)c1ccc(S(=O)(=O)N(CC)CC(=O)NC2CCS(=O)(=O)C2)cc1. The molecule has 1 heterocycles. The van der Waals surface area contributed by atoms with E-state index < -0.39 is 31.8 Å². The Bertz CT molecular complexity index is 864. The van der Waals surface area contributed by atoms with Gasteiger partial charge in [0.1, 0.15) is 0 Å². The van der Waals surface area contributed by atoms with E-state index in [0.29, 0.717) is 12.3 Å². The zero-order valence-corrected chi connectivity index (χ0v) is 17.6. The van der Waals surface area contributed by atoms with Gasteiger partial charge in [-0.15, -0.1) is 0 Å². The number of sulfone groups is 1. The highest BCUT2D eigenvalue weighted by molar-refractivity contribution is 7.91. The molecule has 0 bridgehead atoms. The first-order valence-corrected chi connectivity index (χ1v) is 12.4. The van der Waals surface area contributed by atoms with E-state index in [1.165, 1.54) is 0 Å². The summed E-state index contributed by atoms with van der Waals surface area (Å²) in [5.41, 5.74) is 1.07. The van der Waals surface area contributed by atoms with Crippen LogP contribution in [0.3, 0.4) is 0 Å². The highest BCUT2D eigenvalue weighted by Crippen LogP contribution is 2.22. The van der Waals surface area contributed by atoms with Crippen LogP contribution in [0.4, 0.5) is 0 Å². The third-order valence-electron chi connectivity index (χ3n) is 4.97. The van der Waals surface area contributed by atoms with E-state index in [9.17, 15) is 21.6 Å². The molecule has 0 saturated carbocycles. The zero-order valence-electron chi connectivity index (χ0n) is 16.0. The fourth-order valence-electron chi connectivity index (χ4n) is 3.06. The molecule has 0 radical (unpaired) electrons. The molecule has 27 heavy (non-hydrogen) atoms. The van der Waals surface area contributed by atoms with Crippen molar-refractivity contribution in [2.45, 2.75) is 50.5 Å². The lowest BCUT2D eigenvalue weighted by molar-refractivity contribution is -0.121. The second kappa shape index (κ2) is 8.70. The molecule has 0 spiro atoms. The van der Waals surface area contributed by atoms with Gasteiger partial charge in [-0.2, -0.15) is 4.31 Å². The van der Waals surface area contributed by atoms with Gasteiger partial charge in [0.2, 0.25) is 15.9 Å². The third kappa shape index (κ3) is 5.52. The molecule has 1 fully saturated rings. The average molecular weight is 417 g/mol. The van der Waals surface area contributed by atoms with Crippen LogP contribution in [0.5, 0.6) is 0 Å². The summed E-state index contributed by atoms with van der Waals surface area (Å²) in [4.78, 5) is 12.4. The predicted molar refractivity (Wildman–Crippen MR) is 105 cm³/mol. The minimum Gasteiger partial charge on any atom is -0.351 e. The summed E-state index contributed by atoms with van der Waals surface area (Å²) in [7, 11) is -6.90. The maximum Gasteiger partial charge on any atom is 0.243 e. The summed E-state index contributed by atoms with van der Waals surface area (Å²) < 4.78 is 49.8. The van der Waals surface area contributed by atoms with E-state index >= 15 is 0 Å². The Labute approximate surface area is 162 Å². The number of carbonyl (C=O) groups excluding carboxylic acids is 1. The van der Waals surface area contributed by atoms with Gasteiger partial charge in [0.15, 0.2) is 9.84 Å². The second-order valence-electron chi connectivity index (χ2n) is 6.98. The maximum atomic E-state index is 12.8. The van der Waals surface area contributed by atoms with Crippen molar-refractivity contribution in [3.8, 4) is 0 Å². The monoisotopic (exact) mass is 416 g/mol. The molecule has 1 aromatic rings. The minimum absolute atomic E-state index is 0.0519. The number of nitrogens with zero attached hydrogens (tertiary/aromatic N) is 1. The van der Waals surface area contributed by atoms with Crippen molar-refractivity contribution < 1.29 is 21.6 Å². The van der Waals surface area contributed by atoms with Crippen molar-refractivity contribution >= 4 is 25.8 Å². The smallest absolute Gasteiger partial charge is 0.243 e. The fourth-order valence-corrected chi connectivity index (χ4v) is 6.14. The largest absolute Gasteiger partial charge is 0.351 e. The minimum atomic E-state index is -3.80. The van der Waals surface area contributed by atoms with Crippen molar-refractivity contribution in [2.75, 3.05) is 24.6 Å². The molecule has 1 aliphatic heterocycles. The summed E-state index contributed by atoms with van der Waals surface area (Å²) in [6.45, 7) is 5.63. The zero-order chi connectivity index (χ0) is 20.2. The number of sulfonamides is 1. The molecule has 0 aromatic heterocycles. The van der Waals surface area contributed by atoms with Crippen LogP contribution in [0.25, 0.3) is 0 Å². The molecule has 7 nitrogen and oxygen atoms in total. The number of amides is 1. The molecule has 1 aromatic carbocycles. The van der Waals surface area contributed by atoms with Crippen LogP contribution in [0.2, 0.25) is 0 Å². The third-order valence-corrected chi connectivity index (χ3v) is 8.67. The van der Waals surface area contributed by atoms with Crippen molar-refractivity contribution in [3.63, 3.8) is 0 Å². The number of hydrogen-bond donors (Lipinski definition) is 1. The van der Waals surface area contributed by atoms with Gasteiger partial charge < -0.3 is 5.32 Å². The first kappa shape index (κ1) is 21.8. The second-order valence-corrected chi connectivity index (χ2v) is 11.1. The van der Waals surface area contributed by atoms with E-state index in [2.05, 4.69) is 19.2 Å². The van der Waals surface area contributed by atoms with E-state index in [0.717, 1.165) is 16.3 Å². The van der Waals surface area contributed by atoms with E-state index in [1.807, 2.05) is 0 Å². The molecule has 0 aliphatic carbocycles. The first-order valence-electron chi connectivity index (χ1n) is 9.19. The standard InChI is InChI=1S/C18H28N2O5S2/c1-4-14(3)15-6-8-17(9-7-15)27(24,25)20(5-2)12-18(21)19-16-10-11-26(22,23)13-16/h6-9,14,16H,4-5,10-13H2,1-3H3,(H,19,21). The highest BCUT2D eigenvalue weighted by Gasteiger charge is 2.31. The van der Waals surface area contributed by atoms with Crippen LogP contribution < -0.4 is 5.32 Å². The number of rotatable bonds is 8. The van der Waals surface area contributed by atoms with Gasteiger partial charge in [-0.05, 0) is 36.5 Å². The summed E-state index contributed by atoms with van der Waals surface area (Å²) in [5.74, 6) is -0.179. The van der Waals surface area contributed by atoms with Crippen molar-refractivity contribution in [2.24, 2.45) is 0 Å². The summed E-state index contributed by atoms with van der Waals surface area (Å²) >= 11 is 0. The Morgan fingerprint density at radius 3 is 2.37 bits per heavy atom. The predicted octanol–water partition coefficient (Wildman–Crippen LogP) is 1.51. The van der Waals surface area contributed by atoms with Crippen molar-refractivity contribution in [1.82, 2.24) is 9.62 Å². The van der Waals surface area contributed by atoms with Gasteiger partial charge in [0.05, 0.1) is 22.9 Å². The van der Waals surface area contributed by atoms with E-state index in [4.69, 9.17) is 0 Å². The molecule has 1 aliphatic rings. The quantitative estimate of drug-likeness (QED) is 0.692.